The zero-order chi connectivity index (χ0) is 24.7. The molecule has 180 valence electrons. The molecule has 0 amide bonds. The molecule has 0 radical (unpaired) electrons. The van der Waals surface area contributed by atoms with Gasteiger partial charge in [0.25, 0.3) is 5.92 Å². The average Bonchev–Trinajstić information content (AvgIpc) is 2.64. The van der Waals surface area contributed by atoms with Gasteiger partial charge in [0.1, 0.15) is 11.0 Å². The van der Waals surface area contributed by atoms with Crippen molar-refractivity contribution in [1.29, 1.82) is 0 Å². The molecule has 2 heterocycles. The summed E-state index contributed by atoms with van der Waals surface area (Å²) in [6.07, 6.45) is 1.53. The largest absolute Gasteiger partial charge is 0.459 e. The Morgan fingerprint density at radius 3 is 1.97 bits per heavy atom. The van der Waals surface area contributed by atoms with Crippen molar-refractivity contribution in [3.63, 3.8) is 0 Å². The molecule has 2 aliphatic rings. The van der Waals surface area contributed by atoms with Crippen molar-refractivity contribution in [1.82, 2.24) is 9.97 Å². The van der Waals surface area contributed by atoms with E-state index in [9.17, 15) is 22.4 Å². The normalized spacial score (nSPS) is 20.5. The van der Waals surface area contributed by atoms with Crippen LogP contribution in [0.25, 0.3) is 0 Å². The third-order valence-electron chi connectivity index (χ3n) is 5.39. The summed E-state index contributed by atoms with van der Waals surface area (Å²) in [6.45, 7) is 5.07. The third-order valence-corrected chi connectivity index (χ3v) is 6.01. The molecule has 0 spiro atoms. The Hall–Kier alpha value is -1.93. The molecule has 2 aromatic rings. The van der Waals surface area contributed by atoms with Crippen LogP contribution in [0, 0.1) is 0 Å². The lowest BCUT2D eigenvalue weighted by molar-refractivity contribution is -0.190. The average molecular weight is 507 g/mol. The Morgan fingerprint density at radius 2 is 1.52 bits per heavy atom. The fraction of sp³-hybridized carbons (Fsp3) is 0.522. The van der Waals surface area contributed by atoms with Crippen LogP contribution in [-0.4, -0.2) is 33.4 Å². The van der Waals surface area contributed by atoms with Crippen LogP contribution in [0.2, 0.25) is 10.0 Å². The van der Waals surface area contributed by atoms with Crippen LogP contribution in [0.5, 0.6) is 0 Å². The van der Waals surface area contributed by atoms with Crippen molar-refractivity contribution in [3.8, 4) is 0 Å². The minimum absolute atomic E-state index is 0.121. The van der Waals surface area contributed by atoms with Gasteiger partial charge in [-0.25, -0.2) is 17.6 Å². The molecular formula is C23H24Cl2F4N2O2. The second-order valence-electron chi connectivity index (χ2n) is 9.46. The Balaban J connectivity index is 0.000000203. The van der Waals surface area contributed by atoms with E-state index >= 15 is 0 Å². The number of halogens is 6. The molecule has 4 nitrogen and oxygen atoms in total. The molecule has 0 aliphatic heterocycles. The maximum Gasteiger partial charge on any atom is 0.319 e. The predicted molar refractivity (Wildman–Crippen MR) is 117 cm³/mol. The van der Waals surface area contributed by atoms with Gasteiger partial charge < -0.3 is 4.74 Å². The van der Waals surface area contributed by atoms with E-state index in [1.807, 2.05) is 0 Å². The summed E-state index contributed by atoms with van der Waals surface area (Å²) in [7, 11) is 0. The lowest BCUT2D eigenvalue weighted by Gasteiger charge is -2.45. The molecule has 2 saturated carbocycles. The zero-order valence-electron chi connectivity index (χ0n) is 18.3. The summed E-state index contributed by atoms with van der Waals surface area (Å²) < 4.78 is 57.1. The van der Waals surface area contributed by atoms with Crippen molar-refractivity contribution in [2.24, 2.45) is 0 Å². The predicted octanol–water partition coefficient (Wildman–Crippen LogP) is 6.99. The van der Waals surface area contributed by atoms with Crippen molar-refractivity contribution >= 4 is 29.2 Å². The monoisotopic (exact) mass is 506 g/mol. The molecule has 2 aromatic heterocycles. The molecule has 0 unspecified atom stereocenters. The first-order chi connectivity index (χ1) is 15.1. The molecule has 2 aliphatic carbocycles. The van der Waals surface area contributed by atoms with Gasteiger partial charge in [0.2, 0.25) is 5.92 Å². The van der Waals surface area contributed by atoms with E-state index in [0.717, 1.165) is 0 Å². The Bertz CT molecular complexity index is 1010. The van der Waals surface area contributed by atoms with E-state index in [1.165, 1.54) is 12.3 Å². The maximum absolute atomic E-state index is 13.4. The number of rotatable bonds is 3. The number of hydrogen-bond donors (Lipinski definition) is 0. The van der Waals surface area contributed by atoms with Gasteiger partial charge in [-0.05, 0) is 45.0 Å². The maximum atomic E-state index is 13.4. The van der Waals surface area contributed by atoms with E-state index in [2.05, 4.69) is 9.97 Å². The minimum atomic E-state index is -2.89. The summed E-state index contributed by atoms with van der Waals surface area (Å²) in [4.78, 5) is 20.4. The molecule has 0 aromatic carbocycles. The van der Waals surface area contributed by atoms with Gasteiger partial charge in [0.05, 0.1) is 21.4 Å². The van der Waals surface area contributed by atoms with Crippen LogP contribution in [-0.2, 0) is 14.9 Å². The van der Waals surface area contributed by atoms with Gasteiger partial charge >= 0.3 is 5.97 Å². The molecule has 2 fully saturated rings. The number of pyridine rings is 2. The topological polar surface area (TPSA) is 52.1 Å². The number of hydrogen-bond acceptors (Lipinski definition) is 4. The van der Waals surface area contributed by atoms with Crippen LogP contribution in [0.15, 0.2) is 36.7 Å². The second kappa shape index (κ2) is 9.02. The molecular weight excluding hydrogens is 483 g/mol. The highest BCUT2D eigenvalue weighted by atomic mass is 35.5. The van der Waals surface area contributed by atoms with Crippen molar-refractivity contribution in [2.75, 3.05) is 0 Å². The quantitative estimate of drug-likeness (QED) is 0.332. The van der Waals surface area contributed by atoms with Gasteiger partial charge in [-0.3, -0.25) is 14.8 Å². The first kappa shape index (κ1) is 25.7. The third kappa shape index (κ3) is 5.96. The molecule has 4 rings (SSSR count). The summed E-state index contributed by atoms with van der Waals surface area (Å²) in [5, 5.41) is 0.692. The number of aromatic nitrogens is 2. The smallest absolute Gasteiger partial charge is 0.319 e. The molecule has 0 N–H and O–H groups in total. The number of nitrogens with zero attached hydrogens (tertiary/aromatic N) is 2. The van der Waals surface area contributed by atoms with Crippen molar-refractivity contribution in [3.05, 3.63) is 58.1 Å². The number of carbonyl (C=O) groups excluding carboxylic acids is 1. The lowest BCUT2D eigenvalue weighted by atomic mass is 9.63. The zero-order valence-corrected chi connectivity index (χ0v) is 19.9. The molecule has 0 atom stereocenters. The van der Waals surface area contributed by atoms with Gasteiger partial charge in [0, 0.05) is 44.0 Å². The van der Waals surface area contributed by atoms with Crippen LogP contribution < -0.4 is 0 Å². The fourth-order valence-electron chi connectivity index (χ4n) is 3.91. The van der Waals surface area contributed by atoms with E-state index in [-0.39, 0.29) is 29.5 Å². The van der Waals surface area contributed by atoms with Crippen molar-refractivity contribution in [2.45, 2.75) is 75.2 Å². The van der Waals surface area contributed by atoms with E-state index in [1.54, 1.807) is 45.2 Å². The molecule has 0 bridgehead atoms. The summed E-state index contributed by atoms with van der Waals surface area (Å²) in [6, 6.07) is 6.50. The summed E-state index contributed by atoms with van der Waals surface area (Å²) >= 11 is 11.8. The van der Waals surface area contributed by atoms with Crippen LogP contribution >= 0.6 is 23.2 Å². The number of esters is 1. The van der Waals surface area contributed by atoms with Crippen molar-refractivity contribution < 1.29 is 27.1 Å². The molecule has 10 heteroatoms. The van der Waals surface area contributed by atoms with Gasteiger partial charge in [-0.2, -0.15) is 0 Å². The summed E-state index contributed by atoms with van der Waals surface area (Å²) in [5.41, 5.74) is -1.43. The van der Waals surface area contributed by atoms with Gasteiger partial charge in [-0.1, -0.05) is 23.2 Å². The van der Waals surface area contributed by atoms with Crippen LogP contribution in [0.4, 0.5) is 17.6 Å². The lowest BCUT2D eigenvalue weighted by Crippen LogP contribution is -2.56. The highest BCUT2D eigenvalue weighted by Gasteiger charge is 2.64. The van der Waals surface area contributed by atoms with E-state index in [0.29, 0.717) is 10.7 Å². The summed E-state index contributed by atoms with van der Waals surface area (Å²) in [5.74, 6) is -6.26. The van der Waals surface area contributed by atoms with Gasteiger partial charge in [-0.15, -0.1) is 0 Å². The first-order valence-corrected chi connectivity index (χ1v) is 11.1. The standard InChI is InChI=1S/C14H16ClF2NO2.C9H8ClF2N/c1-12(2,3)20-11(19)13(7-14(16,17)8-13)10-9(15)5-4-6-18-10;10-7-2-1-3-13-8(7)6-4-9(11,12)5-6/h4-6H,7-8H2,1-3H3;1-3,6H,4-5H2. The fourth-order valence-corrected chi connectivity index (χ4v) is 4.48. The van der Waals surface area contributed by atoms with E-state index < -0.39 is 41.7 Å². The van der Waals surface area contributed by atoms with E-state index in [4.69, 9.17) is 27.9 Å². The molecule has 33 heavy (non-hydrogen) atoms. The Kier molecular flexibility index (Phi) is 7.02. The number of carbonyl (C=O) groups is 1. The highest BCUT2D eigenvalue weighted by molar-refractivity contribution is 6.31. The highest BCUT2D eigenvalue weighted by Crippen LogP contribution is 2.55. The first-order valence-electron chi connectivity index (χ1n) is 10.3. The molecule has 0 saturated heterocycles. The van der Waals surface area contributed by atoms with Crippen LogP contribution in [0.1, 0.15) is 63.8 Å². The number of ether oxygens (including phenoxy) is 1. The second-order valence-corrected chi connectivity index (χ2v) is 10.3. The van der Waals surface area contributed by atoms with Gasteiger partial charge in [0.15, 0.2) is 0 Å². The Labute approximate surface area is 199 Å². The minimum Gasteiger partial charge on any atom is -0.459 e. The Morgan fingerprint density at radius 1 is 0.970 bits per heavy atom. The number of alkyl halides is 4. The van der Waals surface area contributed by atoms with Crippen LogP contribution in [0.3, 0.4) is 0 Å². The SMILES string of the molecule is CC(C)(C)OC(=O)C1(c2ncccc2Cl)CC(F)(F)C1.FC1(F)CC(c2ncccc2Cl)C1.